The van der Waals surface area contributed by atoms with Gasteiger partial charge in [0.2, 0.25) is 5.91 Å². The molecule has 2 heterocycles. The maximum absolute atomic E-state index is 13.7. The third-order valence-corrected chi connectivity index (χ3v) is 5.96. The first-order valence-electron chi connectivity index (χ1n) is 9.23. The van der Waals surface area contributed by atoms with Crippen LogP contribution in [0.25, 0.3) is 0 Å². The molecule has 1 saturated heterocycles. The zero-order chi connectivity index (χ0) is 21.6. The van der Waals surface area contributed by atoms with Crippen LogP contribution >= 0.6 is 23.2 Å². The van der Waals surface area contributed by atoms with Gasteiger partial charge in [0.05, 0.1) is 22.3 Å². The van der Waals surface area contributed by atoms with Crippen LogP contribution < -0.4 is 10.3 Å². The molecule has 9 heteroatoms. The van der Waals surface area contributed by atoms with Crippen LogP contribution in [0, 0.1) is 12.8 Å². The molecule has 2 aliphatic heterocycles. The quantitative estimate of drug-likeness (QED) is 0.576. The van der Waals surface area contributed by atoms with Gasteiger partial charge in [-0.3, -0.25) is 15.0 Å². The SMILES string of the molecule is CCOC(=O)C1=NN[C@@]2(c3ccc(C)cc3)C(=O)N(c3ccc(Cl)c(Cl)c3)C(=O)[C@H]12. The van der Waals surface area contributed by atoms with Gasteiger partial charge in [0.25, 0.3) is 5.91 Å². The average molecular weight is 446 g/mol. The summed E-state index contributed by atoms with van der Waals surface area (Å²) in [6.07, 6.45) is 0. The van der Waals surface area contributed by atoms with E-state index in [0.29, 0.717) is 10.6 Å². The largest absolute Gasteiger partial charge is 0.461 e. The third-order valence-electron chi connectivity index (χ3n) is 5.22. The highest BCUT2D eigenvalue weighted by atomic mass is 35.5. The van der Waals surface area contributed by atoms with Gasteiger partial charge in [0, 0.05) is 0 Å². The molecular weight excluding hydrogens is 429 g/mol. The van der Waals surface area contributed by atoms with Crippen LogP contribution in [-0.2, 0) is 24.7 Å². The monoisotopic (exact) mass is 445 g/mol. The van der Waals surface area contributed by atoms with Crippen molar-refractivity contribution in [3.8, 4) is 0 Å². The van der Waals surface area contributed by atoms with Gasteiger partial charge in [0.1, 0.15) is 5.92 Å². The fourth-order valence-electron chi connectivity index (χ4n) is 3.77. The van der Waals surface area contributed by atoms with Crippen molar-refractivity contribution in [2.75, 3.05) is 11.5 Å². The first kappa shape index (κ1) is 20.4. The van der Waals surface area contributed by atoms with Crippen molar-refractivity contribution < 1.29 is 19.1 Å². The molecule has 154 valence electrons. The first-order chi connectivity index (χ1) is 14.3. The molecule has 0 unspecified atom stereocenters. The van der Waals surface area contributed by atoms with Crippen molar-refractivity contribution in [2.45, 2.75) is 19.4 Å². The van der Waals surface area contributed by atoms with Crippen molar-refractivity contribution >= 4 is 52.4 Å². The number of halogens is 2. The van der Waals surface area contributed by atoms with Crippen molar-refractivity contribution in [1.82, 2.24) is 5.43 Å². The minimum atomic E-state index is -1.56. The Morgan fingerprint density at radius 2 is 1.87 bits per heavy atom. The summed E-state index contributed by atoms with van der Waals surface area (Å²) in [5.74, 6) is -3.10. The zero-order valence-electron chi connectivity index (χ0n) is 16.1. The molecule has 1 N–H and O–H groups in total. The number of imide groups is 1. The Morgan fingerprint density at radius 1 is 1.17 bits per heavy atom. The van der Waals surface area contributed by atoms with E-state index in [1.165, 1.54) is 18.2 Å². The molecule has 0 bridgehead atoms. The molecule has 7 nitrogen and oxygen atoms in total. The number of nitrogens with zero attached hydrogens (tertiary/aromatic N) is 2. The Hall–Kier alpha value is -2.90. The van der Waals surface area contributed by atoms with Crippen LogP contribution in [0.2, 0.25) is 10.0 Å². The summed E-state index contributed by atoms with van der Waals surface area (Å²) in [5.41, 5.74) is 2.83. The maximum atomic E-state index is 13.7. The van der Waals surface area contributed by atoms with Gasteiger partial charge < -0.3 is 4.74 Å². The van der Waals surface area contributed by atoms with E-state index in [0.717, 1.165) is 10.5 Å². The number of benzene rings is 2. The first-order valence-corrected chi connectivity index (χ1v) is 9.99. The molecule has 0 saturated carbocycles. The number of nitrogens with one attached hydrogen (secondary N) is 1. The normalized spacial score (nSPS) is 22.6. The molecule has 0 radical (unpaired) electrons. The van der Waals surface area contributed by atoms with Crippen LogP contribution in [0.4, 0.5) is 5.69 Å². The average Bonchev–Trinajstić information content (AvgIpc) is 3.21. The summed E-state index contributed by atoms with van der Waals surface area (Å²) >= 11 is 12.1. The number of aryl methyl sites for hydroxylation is 1. The highest BCUT2D eigenvalue weighted by Crippen LogP contribution is 2.45. The molecule has 30 heavy (non-hydrogen) atoms. The Labute approximate surface area is 182 Å². The minimum Gasteiger partial charge on any atom is -0.461 e. The Morgan fingerprint density at radius 3 is 2.50 bits per heavy atom. The van der Waals surface area contributed by atoms with Crippen molar-refractivity contribution in [3.63, 3.8) is 0 Å². The lowest BCUT2D eigenvalue weighted by Gasteiger charge is -2.26. The van der Waals surface area contributed by atoms with Crippen LogP contribution in [-0.4, -0.2) is 30.1 Å². The molecule has 2 aliphatic rings. The summed E-state index contributed by atoms with van der Waals surface area (Å²) in [4.78, 5) is 40.6. The number of esters is 1. The third kappa shape index (κ3) is 2.88. The van der Waals surface area contributed by atoms with Gasteiger partial charge >= 0.3 is 5.97 Å². The molecule has 2 aromatic carbocycles. The van der Waals surface area contributed by atoms with Gasteiger partial charge in [-0.25, -0.2) is 9.69 Å². The van der Waals surface area contributed by atoms with Crippen molar-refractivity contribution in [2.24, 2.45) is 11.0 Å². The van der Waals surface area contributed by atoms with E-state index in [4.69, 9.17) is 27.9 Å². The second kappa shape index (κ2) is 7.41. The second-order valence-electron chi connectivity index (χ2n) is 7.01. The summed E-state index contributed by atoms with van der Waals surface area (Å²) in [7, 11) is 0. The van der Waals surface area contributed by atoms with E-state index in [1.807, 2.05) is 19.1 Å². The Kier molecular flexibility index (Phi) is 5.03. The number of hydrogen-bond donors (Lipinski definition) is 1. The fourth-order valence-corrected chi connectivity index (χ4v) is 4.06. The van der Waals surface area contributed by atoms with Gasteiger partial charge in [0.15, 0.2) is 11.3 Å². The number of rotatable bonds is 4. The van der Waals surface area contributed by atoms with Crippen LogP contribution in [0.3, 0.4) is 0 Å². The molecule has 0 aromatic heterocycles. The summed E-state index contributed by atoms with van der Waals surface area (Å²) in [5, 5.41) is 4.54. The lowest BCUT2D eigenvalue weighted by molar-refractivity contribution is -0.136. The van der Waals surface area contributed by atoms with E-state index < -0.39 is 29.2 Å². The standard InChI is InChI=1S/C21H17Cl2N3O4/c1-3-30-19(28)17-16-18(27)26(13-8-9-14(22)15(23)10-13)20(29)21(16,25-24-17)12-6-4-11(2)5-7-12/h4-10,16,25H,3H2,1-2H3/t16-,21+/m0/s1. The number of carbonyl (C=O) groups is 3. The van der Waals surface area contributed by atoms with E-state index in [2.05, 4.69) is 10.5 Å². The number of ether oxygens (including phenoxy) is 1. The zero-order valence-corrected chi connectivity index (χ0v) is 17.6. The van der Waals surface area contributed by atoms with E-state index in [-0.39, 0.29) is 23.0 Å². The maximum Gasteiger partial charge on any atom is 0.355 e. The Balaban J connectivity index is 1.87. The summed E-state index contributed by atoms with van der Waals surface area (Å²) < 4.78 is 5.06. The van der Waals surface area contributed by atoms with E-state index in [1.54, 1.807) is 19.1 Å². The van der Waals surface area contributed by atoms with Crippen LogP contribution in [0.15, 0.2) is 47.6 Å². The topological polar surface area (TPSA) is 88.1 Å². The smallest absolute Gasteiger partial charge is 0.355 e. The second-order valence-corrected chi connectivity index (χ2v) is 7.83. The number of hydrazone groups is 1. The predicted molar refractivity (Wildman–Crippen MR) is 113 cm³/mol. The molecule has 1 fully saturated rings. The molecule has 4 rings (SSSR count). The van der Waals surface area contributed by atoms with Gasteiger partial charge in [-0.05, 0) is 37.6 Å². The minimum absolute atomic E-state index is 0.112. The molecule has 2 amide bonds. The van der Waals surface area contributed by atoms with Gasteiger partial charge in [-0.1, -0.05) is 53.0 Å². The summed E-state index contributed by atoms with van der Waals surface area (Å²) in [6, 6.07) is 11.6. The lowest BCUT2D eigenvalue weighted by atomic mass is 9.78. The highest BCUT2D eigenvalue weighted by molar-refractivity contribution is 6.47. The van der Waals surface area contributed by atoms with Crippen molar-refractivity contribution in [3.05, 3.63) is 63.6 Å². The molecular formula is C21H17Cl2N3O4. The number of anilines is 1. The number of hydrogen-bond acceptors (Lipinski definition) is 6. The number of carbonyl (C=O) groups excluding carboxylic acids is 3. The molecule has 0 aliphatic carbocycles. The van der Waals surface area contributed by atoms with E-state index in [9.17, 15) is 14.4 Å². The van der Waals surface area contributed by atoms with Crippen molar-refractivity contribution in [1.29, 1.82) is 0 Å². The number of fused-ring (bicyclic) bond motifs is 1. The Bertz CT molecular complexity index is 1100. The summed E-state index contributed by atoms with van der Waals surface area (Å²) in [6.45, 7) is 3.67. The number of amides is 2. The van der Waals surface area contributed by atoms with Gasteiger partial charge in [-0.2, -0.15) is 5.10 Å². The van der Waals surface area contributed by atoms with Gasteiger partial charge in [-0.15, -0.1) is 0 Å². The predicted octanol–water partition coefficient (Wildman–Crippen LogP) is 3.21. The highest BCUT2D eigenvalue weighted by Gasteiger charge is 2.67. The molecule has 0 spiro atoms. The molecule has 2 atom stereocenters. The lowest BCUT2D eigenvalue weighted by Crippen LogP contribution is -2.48. The van der Waals surface area contributed by atoms with Crippen LogP contribution in [0.1, 0.15) is 18.1 Å². The van der Waals surface area contributed by atoms with Crippen LogP contribution in [0.5, 0.6) is 0 Å². The molecule has 2 aromatic rings. The van der Waals surface area contributed by atoms with E-state index >= 15 is 0 Å². The fraction of sp³-hybridized carbons (Fsp3) is 0.238.